The zero-order valence-corrected chi connectivity index (χ0v) is 11.4. The van der Waals surface area contributed by atoms with E-state index in [1.54, 1.807) is 4.90 Å². The van der Waals surface area contributed by atoms with Gasteiger partial charge in [0.05, 0.1) is 4.92 Å². The SMILES string of the molecule is CC1CCCN(Cc2cc([N+](=O)[O-])ccc2Cl)C1=O. The lowest BCUT2D eigenvalue weighted by Crippen LogP contribution is -2.39. The van der Waals surface area contributed by atoms with E-state index in [1.165, 1.54) is 18.2 Å². The fourth-order valence-electron chi connectivity index (χ4n) is 2.29. The van der Waals surface area contributed by atoms with E-state index in [9.17, 15) is 14.9 Å². The lowest BCUT2D eigenvalue weighted by atomic mass is 9.98. The molecule has 0 bridgehead atoms. The fourth-order valence-corrected chi connectivity index (χ4v) is 2.47. The van der Waals surface area contributed by atoms with E-state index in [0.29, 0.717) is 23.7 Å². The third-order valence-electron chi connectivity index (χ3n) is 3.40. The molecular formula is C13H15ClN2O3. The number of non-ortho nitro benzene ring substituents is 1. The Bertz CT molecular complexity index is 519. The molecule has 1 aromatic carbocycles. The molecule has 0 saturated carbocycles. The van der Waals surface area contributed by atoms with Crippen LogP contribution in [0.1, 0.15) is 25.3 Å². The number of carbonyl (C=O) groups excluding carboxylic acids is 1. The Balaban J connectivity index is 2.20. The Kier molecular flexibility index (Phi) is 4.04. The number of nitrogens with zero attached hydrogens (tertiary/aromatic N) is 2. The number of benzene rings is 1. The Morgan fingerprint density at radius 2 is 2.26 bits per heavy atom. The molecule has 0 aromatic heterocycles. The summed E-state index contributed by atoms with van der Waals surface area (Å²) in [6, 6.07) is 4.31. The van der Waals surface area contributed by atoms with Gasteiger partial charge in [0.1, 0.15) is 0 Å². The molecular weight excluding hydrogens is 268 g/mol. The molecule has 1 aromatic rings. The van der Waals surface area contributed by atoms with Crippen LogP contribution in [-0.2, 0) is 11.3 Å². The van der Waals surface area contributed by atoms with E-state index >= 15 is 0 Å². The molecule has 0 spiro atoms. The van der Waals surface area contributed by atoms with Crippen molar-refractivity contribution in [2.75, 3.05) is 6.54 Å². The average Bonchev–Trinajstić information content (AvgIpc) is 2.37. The van der Waals surface area contributed by atoms with Gasteiger partial charge in [0, 0.05) is 36.2 Å². The number of likely N-dealkylation sites (tertiary alicyclic amines) is 1. The van der Waals surface area contributed by atoms with Crippen LogP contribution in [0.5, 0.6) is 0 Å². The van der Waals surface area contributed by atoms with Gasteiger partial charge >= 0.3 is 0 Å². The van der Waals surface area contributed by atoms with E-state index in [0.717, 1.165) is 12.8 Å². The molecule has 0 aliphatic carbocycles. The van der Waals surface area contributed by atoms with Crippen molar-refractivity contribution in [2.45, 2.75) is 26.3 Å². The maximum atomic E-state index is 12.0. The number of hydrogen-bond donors (Lipinski definition) is 0. The van der Waals surface area contributed by atoms with Gasteiger partial charge in [-0.2, -0.15) is 0 Å². The van der Waals surface area contributed by atoms with Gasteiger partial charge in [0.25, 0.3) is 5.69 Å². The third-order valence-corrected chi connectivity index (χ3v) is 3.77. The molecule has 0 N–H and O–H groups in total. The molecule has 1 aliphatic rings. The summed E-state index contributed by atoms with van der Waals surface area (Å²) in [5.74, 6) is 0.111. The zero-order chi connectivity index (χ0) is 14.0. The average molecular weight is 283 g/mol. The highest BCUT2D eigenvalue weighted by Crippen LogP contribution is 2.26. The summed E-state index contributed by atoms with van der Waals surface area (Å²) in [6.07, 6.45) is 1.86. The second-order valence-electron chi connectivity index (χ2n) is 4.84. The molecule has 1 heterocycles. The number of piperidine rings is 1. The second kappa shape index (κ2) is 5.57. The number of hydrogen-bond acceptors (Lipinski definition) is 3. The van der Waals surface area contributed by atoms with Crippen LogP contribution < -0.4 is 0 Å². The van der Waals surface area contributed by atoms with Crippen LogP contribution in [-0.4, -0.2) is 22.3 Å². The maximum Gasteiger partial charge on any atom is 0.269 e. The first-order valence-corrected chi connectivity index (χ1v) is 6.58. The highest BCUT2D eigenvalue weighted by atomic mass is 35.5. The number of nitro benzene ring substituents is 1. The normalized spacial score (nSPS) is 19.6. The molecule has 102 valence electrons. The van der Waals surface area contributed by atoms with E-state index in [-0.39, 0.29) is 17.5 Å². The summed E-state index contributed by atoms with van der Waals surface area (Å²) in [5.41, 5.74) is 0.621. The van der Waals surface area contributed by atoms with Gasteiger partial charge in [-0.1, -0.05) is 18.5 Å². The predicted molar refractivity (Wildman–Crippen MR) is 71.9 cm³/mol. The molecule has 1 saturated heterocycles. The van der Waals surface area contributed by atoms with Crippen molar-refractivity contribution >= 4 is 23.2 Å². The van der Waals surface area contributed by atoms with Gasteiger partial charge in [-0.3, -0.25) is 14.9 Å². The Labute approximate surface area is 116 Å². The molecule has 1 aliphatic heterocycles. The molecule has 19 heavy (non-hydrogen) atoms. The summed E-state index contributed by atoms with van der Waals surface area (Å²) in [4.78, 5) is 24.0. The van der Waals surface area contributed by atoms with E-state index < -0.39 is 4.92 Å². The highest BCUT2D eigenvalue weighted by Gasteiger charge is 2.25. The van der Waals surface area contributed by atoms with Crippen LogP contribution in [0, 0.1) is 16.0 Å². The van der Waals surface area contributed by atoms with Crippen LogP contribution in [0.4, 0.5) is 5.69 Å². The van der Waals surface area contributed by atoms with Crippen molar-refractivity contribution in [1.82, 2.24) is 4.90 Å². The predicted octanol–water partition coefficient (Wildman–Crippen LogP) is 3.01. The number of carbonyl (C=O) groups is 1. The smallest absolute Gasteiger partial charge is 0.269 e. The van der Waals surface area contributed by atoms with Crippen molar-refractivity contribution in [3.63, 3.8) is 0 Å². The van der Waals surface area contributed by atoms with E-state index in [4.69, 9.17) is 11.6 Å². The van der Waals surface area contributed by atoms with Crippen LogP contribution >= 0.6 is 11.6 Å². The number of rotatable bonds is 3. The molecule has 2 rings (SSSR count). The monoisotopic (exact) mass is 282 g/mol. The quantitative estimate of drug-likeness (QED) is 0.632. The molecule has 0 radical (unpaired) electrons. The van der Waals surface area contributed by atoms with E-state index in [2.05, 4.69) is 0 Å². The second-order valence-corrected chi connectivity index (χ2v) is 5.24. The molecule has 1 fully saturated rings. The summed E-state index contributed by atoms with van der Waals surface area (Å²) >= 11 is 6.04. The zero-order valence-electron chi connectivity index (χ0n) is 10.6. The maximum absolute atomic E-state index is 12.0. The van der Waals surface area contributed by atoms with E-state index in [1.807, 2.05) is 6.92 Å². The van der Waals surface area contributed by atoms with Crippen LogP contribution in [0.2, 0.25) is 5.02 Å². The minimum atomic E-state index is -0.458. The Morgan fingerprint density at radius 3 is 2.95 bits per heavy atom. The summed E-state index contributed by atoms with van der Waals surface area (Å²) in [5, 5.41) is 11.2. The summed E-state index contributed by atoms with van der Waals surface area (Å²) in [6.45, 7) is 2.93. The lowest BCUT2D eigenvalue weighted by molar-refractivity contribution is -0.384. The van der Waals surface area contributed by atoms with Crippen molar-refractivity contribution in [3.8, 4) is 0 Å². The largest absolute Gasteiger partial charge is 0.338 e. The first-order valence-electron chi connectivity index (χ1n) is 6.20. The van der Waals surface area contributed by atoms with Crippen molar-refractivity contribution in [3.05, 3.63) is 38.9 Å². The van der Waals surface area contributed by atoms with Gasteiger partial charge < -0.3 is 4.90 Å². The molecule has 6 heteroatoms. The summed E-state index contributed by atoms with van der Waals surface area (Å²) < 4.78 is 0. The van der Waals surface area contributed by atoms with Gasteiger partial charge in [-0.25, -0.2) is 0 Å². The lowest BCUT2D eigenvalue weighted by Gasteiger charge is -2.30. The number of amides is 1. The van der Waals surface area contributed by atoms with Crippen molar-refractivity contribution < 1.29 is 9.72 Å². The number of nitro groups is 1. The van der Waals surface area contributed by atoms with Crippen LogP contribution in [0.15, 0.2) is 18.2 Å². The summed E-state index contributed by atoms with van der Waals surface area (Å²) in [7, 11) is 0. The molecule has 1 unspecified atom stereocenters. The number of halogens is 1. The Hall–Kier alpha value is -1.62. The van der Waals surface area contributed by atoms with Gasteiger partial charge in [-0.15, -0.1) is 0 Å². The first kappa shape index (κ1) is 13.8. The molecule has 1 atom stereocenters. The Morgan fingerprint density at radius 1 is 1.53 bits per heavy atom. The van der Waals surface area contributed by atoms with Gasteiger partial charge in [0.2, 0.25) is 5.91 Å². The fraction of sp³-hybridized carbons (Fsp3) is 0.462. The van der Waals surface area contributed by atoms with Crippen molar-refractivity contribution in [1.29, 1.82) is 0 Å². The topological polar surface area (TPSA) is 63.4 Å². The third kappa shape index (κ3) is 3.04. The van der Waals surface area contributed by atoms with Gasteiger partial charge in [-0.05, 0) is 24.5 Å². The van der Waals surface area contributed by atoms with Gasteiger partial charge in [0.15, 0.2) is 0 Å². The minimum Gasteiger partial charge on any atom is -0.338 e. The highest BCUT2D eigenvalue weighted by molar-refractivity contribution is 6.31. The van der Waals surface area contributed by atoms with Crippen molar-refractivity contribution in [2.24, 2.45) is 5.92 Å². The first-order chi connectivity index (χ1) is 8.99. The van der Waals surface area contributed by atoms with Crippen LogP contribution in [0.25, 0.3) is 0 Å². The molecule has 5 nitrogen and oxygen atoms in total. The standard InChI is InChI=1S/C13H15ClN2O3/c1-9-3-2-6-15(13(9)17)8-10-7-11(16(18)19)4-5-12(10)14/h4-5,7,9H,2-3,6,8H2,1H3. The minimum absolute atomic E-state index is 0.00286. The van der Waals surface area contributed by atoms with Crippen LogP contribution in [0.3, 0.4) is 0 Å². The molecule has 1 amide bonds.